The summed E-state index contributed by atoms with van der Waals surface area (Å²) in [4.78, 5) is 1.84. The van der Waals surface area contributed by atoms with Gasteiger partial charge in [-0.15, -0.1) is 6.58 Å². The molecule has 0 spiro atoms. The molecule has 0 saturated carbocycles. The van der Waals surface area contributed by atoms with E-state index in [0.717, 1.165) is 0 Å². The van der Waals surface area contributed by atoms with Crippen LogP contribution >= 0.6 is 11.8 Å². The summed E-state index contributed by atoms with van der Waals surface area (Å²) in [5, 5.41) is 22.9. The van der Waals surface area contributed by atoms with Crippen LogP contribution in [0.3, 0.4) is 0 Å². The Balaban J connectivity index is 3.00. The van der Waals surface area contributed by atoms with Gasteiger partial charge in [-0.3, -0.25) is 10.2 Å². The molecule has 0 amide bonds. The van der Waals surface area contributed by atoms with Crippen molar-refractivity contribution < 1.29 is 28.1 Å². The number of aliphatic hydroxyl groups is 2. The lowest BCUT2D eigenvalue weighted by Gasteiger charge is -2.45. The van der Waals surface area contributed by atoms with Crippen LogP contribution in [0.25, 0.3) is 0 Å². The summed E-state index contributed by atoms with van der Waals surface area (Å²) < 4.78 is 44.7. The minimum Gasteiger partial charge on any atom is -0.390 e. The topological polar surface area (TPSA) is 65.0 Å². The minimum absolute atomic E-state index is 0.0436. The predicted molar refractivity (Wildman–Crippen MR) is 83.8 cm³/mol. The molecule has 0 aromatic carbocycles. The van der Waals surface area contributed by atoms with E-state index in [9.17, 15) is 23.4 Å². The fourth-order valence-electron chi connectivity index (χ4n) is 2.43. The molecule has 1 rings (SSSR count). The number of hydrogen-bond acceptors (Lipinski definition) is 6. The van der Waals surface area contributed by atoms with Crippen molar-refractivity contribution in [2.75, 3.05) is 21.1 Å². The van der Waals surface area contributed by atoms with Crippen LogP contribution in [0.15, 0.2) is 12.7 Å². The summed E-state index contributed by atoms with van der Waals surface area (Å²) in [6, 6.07) is 0. The first-order chi connectivity index (χ1) is 10.5. The van der Waals surface area contributed by atoms with Crippen LogP contribution < -0.4 is 5.32 Å². The van der Waals surface area contributed by atoms with E-state index in [1.165, 1.54) is 11.8 Å². The molecular formula is C14H25F3N2O3S. The summed E-state index contributed by atoms with van der Waals surface area (Å²) in [5.41, 5.74) is -4.01. The Morgan fingerprint density at radius 2 is 2.00 bits per heavy atom. The zero-order chi connectivity index (χ0) is 18.0. The Kier molecular flexibility index (Phi) is 6.95. The number of thioether (sulfide) groups is 1. The Morgan fingerprint density at radius 1 is 1.43 bits per heavy atom. The molecule has 136 valence electrons. The van der Waals surface area contributed by atoms with Gasteiger partial charge in [-0.05, 0) is 34.5 Å². The highest BCUT2D eigenvalue weighted by atomic mass is 32.2. The van der Waals surface area contributed by atoms with Gasteiger partial charge >= 0.3 is 6.18 Å². The third-order valence-electron chi connectivity index (χ3n) is 3.90. The van der Waals surface area contributed by atoms with Gasteiger partial charge < -0.3 is 14.9 Å². The minimum atomic E-state index is -4.90. The van der Waals surface area contributed by atoms with Crippen LogP contribution in [0.2, 0.25) is 0 Å². The van der Waals surface area contributed by atoms with Gasteiger partial charge in [0.15, 0.2) is 5.60 Å². The Hall–Kier alpha value is -0.320. The standard InChI is InChI=1S/C14H25F3N2O3S/c1-6-8-7-9(20)10(13(2,21)14(15,16)17)22-11(8)23-12(18-3)19(4)5/h6,8-12,18,20-21H,1,7H2,2-5H3/t8-,9+,10+,11-,12?,13?/m1/s1. The number of aliphatic hydroxyl groups excluding tert-OH is 1. The van der Waals surface area contributed by atoms with E-state index in [1.54, 1.807) is 13.1 Å². The molecule has 5 nitrogen and oxygen atoms in total. The average Bonchev–Trinajstić information content (AvgIpc) is 2.43. The van der Waals surface area contributed by atoms with E-state index in [1.807, 2.05) is 19.0 Å². The van der Waals surface area contributed by atoms with Crippen molar-refractivity contribution in [2.45, 2.75) is 48.3 Å². The van der Waals surface area contributed by atoms with E-state index in [2.05, 4.69) is 11.9 Å². The fourth-order valence-corrected chi connectivity index (χ4v) is 3.67. The smallest absolute Gasteiger partial charge is 0.390 e. The lowest BCUT2D eigenvalue weighted by Crippen LogP contribution is -2.61. The first-order valence-corrected chi connectivity index (χ1v) is 8.14. The molecule has 23 heavy (non-hydrogen) atoms. The highest BCUT2D eigenvalue weighted by molar-refractivity contribution is 8.00. The lowest BCUT2D eigenvalue weighted by atomic mass is 9.86. The van der Waals surface area contributed by atoms with Crippen molar-refractivity contribution in [1.82, 2.24) is 10.2 Å². The van der Waals surface area contributed by atoms with Gasteiger partial charge in [0.2, 0.25) is 0 Å². The molecule has 1 aliphatic rings. The number of nitrogens with zero attached hydrogens (tertiary/aromatic N) is 1. The monoisotopic (exact) mass is 358 g/mol. The molecule has 6 atom stereocenters. The normalized spacial score (nSPS) is 33.3. The maximum atomic E-state index is 13.1. The molecule has 1 fully saturated rings. The SMILES string of the molecule is C=C[C@@H]1C[C@H](O)[C@@H](C(C)(O)C(F)(F)F)O[C@@H]1SC(NC)N(C)C. The summed E-state index contributed by atoms with van der Waals surface area (Å²) in [5.74, 6) is -0.328. The number of ether oxygens (including phenoxy) is 1. The summed E-state index contributed by atoms with van der Waals surface area (Å²) in [6.07, 6.45) is -6.49. The van der Waals surface area contributed by atoms with Gasteiger partial charge in [0.05, 0.1) is 6.10 Å². The maximum absolute atomic E-state index is 13.1. The molecule has 1 saturated heterocycles. The largest absolute Gasteiger partial charge is 0.419 e. The van der Waals surface area contributed by atoms with E-state index < -0.39 is 29.4 Å². The van der Waals surface area contributed by atoms with Crippen molar-refractivity contribution in [3.05, 3.63) is 12.7 Å². The highest BCUT2D eigenvalue weighted by Gasteiger charge is 2.60. The molecule has 2 unspecified atom stereocenters. The molecule has 9 heteroatoms. The number of halogens is 3. The van der Waals surface area contributed by atoms with Crippen LogP contribution in [-0.2, 0) is 4.74 Å². The number of nitrogens with one attached hydrogen (secondary N) is 1. The zero-order valence-electron chi connectivity index (χ0n) is 13.7. The van der Waals surface area contributed by atoms with Gasteiger partial charge in [-0.25, -0.2) is 0 Å². The van der Waals surface area contributed by atoms with Crippen LogP contribution in [0, 0.1) is 5.92 Å². The second-order valence-electron chi connectivity index (χ2n) is 6.01. The molecule has 0 aromatic rings. The third-order valence-corrected chi connectivity index (χ3v) is 5.55. The van der Waals surface area contributed by atoms with Crippen molar-refractivity contribution in [3.63, 3.8) is 0 Å². The van der Waals surface area contributed by atoms with E-state index in [-0.39, 0.29) is 17.8 Å². The third kappa shape index (κ3) is 4.61. The zero-order valence-corrected chi connectivity index (χ0v) is 14.5. The molecule has 0 aliphatic carbocycles. The van der Waals surface area contributed by atoms with E-state index in [4.69, 9.17) is 4.74 Å². The van der Waals surface area contributed by atoms with Gasteiger partial charge in [-0.1, -0.05) is 17.8 Å². The number of alkyl halides is 3. The number of rotatable bonds is 6. The fraction of sp³-hybridized carbons (Fsp3) is 0.857. The van der Waals surface area contributed by atoms with Crippen LogP contribution in [0.5, 0.6) is 0 Å². The lowest BCUT2D eigenvalue weighted by molar-refractivity contribution is -0.311. The van der Waals surface area contributed by atoms with Crippen molar-refractivity contribution in [1.29, 1.82) is 0 Å². The Morgan fingerprint density at radius 3 is 2.39 bits per heavy atom. The van der Waals surface area contributed by atoms with Crippen LogP contribution in [0.1, 0.15) is 13.3 Å². The van der Waals surface area contributed by atoms with Gasteiger partial charge in [0, 0.05) is 5.92 Å². The summed E-state index contributed by atoms with van der Waals surface area (Å²) in [6.45, 7) is 4.28. The maximum Gasteiger partial charge on any atom is 0.419 e. The molecule has 0 bridgehead atoms. The van der Waals surface area contributed by atoms with Gasteiger partial charge in [0.25, 0.3) is 0 Å². The Bertz CT molecular complexity index is 407. The van der Waals surface area contributed by atoms with Gasteiger partial charge in [0.1, 0.15) is 17.0 Å². The van der Waals surface area contributed by atoms with E-state index in [0.29, 0.717) is 6.92 Å². The van der Waals surface area contributed by atoms with Crippen molar-refractivity contribution >= 4 is 11.8 Å². The van der Waals surface area contributed by atoms with Crippen LogP contribution in [0.4, 0.5) is 13.2 Å². The first kappa shape index (κ1) is 20.7. The second kappa shape index (κ2) is 7.71. The quantitative estimate of drug-likeness (QED) is 0.492. The number of hydrogen-bond donors (Lipinski definition) is 3. The molecule has 1 aliphatic heterocycles. The Labute approximate surface area is 138 Å². The summed E-state index contributed by atoms with van der Waals surface area (Å²) >= 11 is 1.27. The highest BCUT2D eigenvalue weighted by Crippen LogP contribution is 2.43. The van der Waals surface area contributed by atoms with Crippen LogP contribution in [-0.4, -0.2) is 71.2 Å². The van der Waals surface area contributed by atoms with Crippen molar-refractivity contribution in [3.8, 4) is 0 Å². The first-order valence-electron chi connectivity index (χ1n) is 7.20. The second-order valence-corrected chi connectivity index (χ2v) is 7.20. The van der Waals surface area contributed by atoms with E-state index >= 15 is 0 Å². The molecule has 1 heterocycles. The van der Waals surface area contributed by atoms with Crippen molar-refractivity contribution in [2.24, 2.45) is 5.92 Å². The van der Waals surface area contributed by atoms with Gasteiger partial charge in [-0.2, -0.15) is 13.2 Å². The summed E-state index contributed by atoms with van der Waals surface area (Å²) in [7, 11) is 5.36. The molecule has 3 N–H and O–H groups in total. The molecular weight excluding hydrogens is 333 g/mol. The predicted octanol–water partition coefficient (Wildman–Crippen LogP) is 1.38. The molecule has 0 radical (unpaired) electrons. The molecule has 0 aromatic heterocycles. The average molecular weight is 358 g/mol.